The van der Waals surface area contributed by atoms with Gasteiger partial charge in [-0.15, -0.1) is 0 Å². The summed E-state index contributed by atoms with van der Waals surface area (Å²) in [5.41, 5.74) is 6.63. The minimum atomic E-state index is -0.343. The Balaban J connectivity index is 2.18. The first-order chi connectivity index (χ1) is 9.51. The average Bonchev–Trinajstić information content (AvgIpc) is 2.45. The smallest absolute Gasteiger partial charge is 0.254 e. The summed E-state index contributed by atoms with van der Waals surface area (Å²) < 4.78 is 0. The van der Waals surface area contributed by atoms with Gasteiger partial charge in [0.15, 0.2) is 0 Å². The van der Waals surface area contributed by atoms with Crippen molar-refractivity contribution in [3.63, 3.8) is 0 Å². The number of aryl methyl sites for hydroxylation is 1. The van der Waals surface area contributed by atoms with Crippen LogP contribution in [0.4, 0.5) is 0 Å². The number of likely N-dealkylation sites (tertiary alicyclic amines) is 1. The molecule has 1 fully saturated rings. The summed E-state index contributed by atoms with van der Waals surface area (Å²) in [6, 6.07) is 3.32. The number of hydrogen-bond acceptors (Lipinski definition) is 3. The van der Waals surface area contributed by atoms with Crippen LogP contribution in [0.3, 0.4) is 0 Å². The van der Waals surface area contributed by atoms with Crippen LogP contribution in [-0.4, -0.2) is 34.8 Å². The molecule has 0 radical (unpaired) electrons. The maximum absolute atomic E-state index is 12.5. The molecule has 2 N–H and O–H groups in total. The quantitative estimate of drug-likeness (QED) is 0.861. The first-order valence-electron chi connectivity index (χ1n) is 6.76. The third kappa shape index (κ3) is 3.28. The van der Waals surface area contributed by atoms with E-state index in [0.29, 0.717) is 30.2 Å². The van der Waals surface area contributed by atoms with Crippen molar-refractivity contribution >= 4 is 23.4 Å². The van der Waals surface area contributed by atoms with Crippen LogP contribution >= 0.6 is 11.6 Å². The second-order valence-corrected chi connectivity index (χ2v) is 5.40. The van der Waals surface area contributed by atoms with Gasteiger partial charge in [0.1, 0.15) is 5.15 Å². The Morgan fingerprint density at radius 2 is 2.25 bits per heavy atom. The van der Waals surface area contributed by atoms with Crippen molar-refractivity contribution in [1.29, 1.82) is 0 Å². The fraction of sp³-hybridized carbons (Fsp3) is 0.500. The fourth-order valence-corrected chi connectivity index (χ4v) is 2.66. The van der Waals surface area contributed by atoms with Crippen molar-refractivity contribution in [2.45, 2.75) is 26.2 Å². The van der Waals surface area contributed by atoms with E-state index in [9.17, 15) is 9.59 Å². The lowest BCUT2D eigenvalue weighted by Gasteiger charge is -2.31. The number of pyridine rings is 1. The van der Waals surface area contributed by atoms with Gasteiger partial charge in [-0.2, -0.15) is 0 Å². The number of aromatic nitrogens is 1. The molecule has 0 aliphatic carbocycles. The number of piperidine rings is 1. The number of carbonyl (C=O) groups excluding carboxylic acids is 2. The zero-order valence-electron chi connectivity index (χ0n) is 11.4. The average molecular weight is 296 g/mol. The molecule has 2 rings (SSSR count). The van der Waals surface area contributed by atoms with Crippen LogP contribution in [0.2, 0.25) is 5.15 Å². The van der Waals surface area contributed by atoms with Gasteiger partial charge in [0.05, 0.1) is 5.92 Å². The zero-order chi connectivity index (χ0) is 14.7. The molecule has 1 unspecified atom stereocenters. The summed E-state index contributed by atoms with van der Waals surface area (Å²) in [5.74, 6) is -0.713. The molecule has 2 heterocycles. The van der Waals surface area contributed by atoms with Crippen molar-refractivity contribution in [3.05, 3.63) is 28.5 Å². The maximum atomic E-state index is 12.5. The topological polar surface area (TPSA) is 76.3 Å². The molecule has 108 valence electrons. The molecule has 1 atom stereocenters. The molecule has 1 aromatic heterocycles. The van der Waals surface area contributed by atoms with E-state index in [1.807, 2.05) is 6.92 Å². The van der Waals surface area contributed by atoms with E-state index in [2.05, 4.69) is 4.98 Å². The predicted octanol–water partition coefficient (Wildman–Crippen LogP) is 1.63. The van der Waals surface area contributed by atoms with Crippen LogP contribution in [0.5, 0.6) is 0 Å². The molecule has 1 aliphatic heterocycles. The molecule has 6 heteroatoms. The molecule has 5 nitrogen and oxygen atoms in total. The van der Waals surface area contributed by atoms with Gasteiger partial charge >= 0.3 is 0 Å². The molecule has 20 heavy (non-hydrogen) atoms. The van der Waals surface area contributed by atoms with Crippen LogP contribution in [0.1, 0.15) is 35.8 Å². The molecule has 1 saturated heterocycles. The Bertz CT molecular complexity index is 533. The molecule has 1 aliphatic rings. The highest BCUT2D eigenvalue weighted by molar-refractivity contribution is 6.29. The van der Waals surface area contributed by atoms with Crippen LogP contribution < -0.4 is 5.73 Å². The lowest BCUT2D eigenvalue weighted by Crippen LogP contribution is -2.44. The van der Waals surface area contributed by atoms with Gasteiger partial charge in [0.25, 0.3) is 5.91 Å². The lowest BCUT2D eigenvalue weighted by atomic mass is 9.97. The summed E-state index contributed by atoms with van der Waals surface area (Å²) in [4.78, 5) is 29.6. The number of amides is 2. The van der Waals surface area contributed by atoms with E-state index in [-0.39, 0.29) is 17.7 Å². The van der Waals surface area contributed by atoms with E-state index in [0.717, 1.165) is 18.5 Å². The number of primary amides is 1. The van der Waals surface area contributed by atoms with E-state index >= 15 is 0 Å². The number of nitrogens with two attached hydrogens (primary N) is 1. The number of halogens is 1. The number of carbonyl (C=O) groups is 2. The molecular formula is C14H18ClN3O2. The van der Waals surface area contributed by atoms with E-state index in [4.69, 9.17) is 17.3 Å². The highest BCUT2D eigenvalue weighted by Crippen LogP contribution is 2.20. The van der Waals surface area contributed by atoms with Gasteiger partial charge in [0.2, 0.25) is 5.91 Å². The molecule has 0 spiro atoms. The van der Waals surface area contributed by atoms with Crippen molar-refractivity contribution < 1.29 is 9.59 Å². The number of nitrogens with zero attached hydrogens (tertiary/aromatic N) is 2. The lowest BCUT2D eigenvalue weighted by molar-refractivity contribution is -0.123. The van der Waals surface area contributed by atoms with Gasteiger partial charge in [-0.25, -0.2) is 4.98 Å². The highest BCUT2D eigenvalue weighted by Gasteiger charge is 2.27. The predicted molar refractivity (Wildman–Crippen MR) is 76.4 cm³/mol. The van der Waals surface area contributed by atoms with Crippen LogP contribution in [0.15, 0.2) is 12.1 Å². The second-order valence-electron chi connectivity index (χ2n) is 5.02. The van der Waals surface area contributed by atoms with Crippen LogP contribution in [-0.2, 0) is 11.2 Å². The fourth-order valence-electron chi connectivity index (χ4n) is 2.43. The Labute approximate surface area is 123 Å². The van der Waals surface area contributed by atoms with Gasteiger partial charge in [-0.05, 0) is 31.4 Å². The normalized spacial score (nSPS) is 18.9. The van der Waals surface area contributed by atoms with Crippen LogP contribution in [0, 0.1) is 5.92 Å². The Morgan fingerprint density at radius 1 is 1.50 bits per heavy atom. The summed E-state index contributed by atoms with van der Waals surface area (Å²) in [6.07, 6.45) is 2.25. The molecule has 1 aromatic rings. The van der Waals surface area contributed by atoms with E-state index in [1.54, 1.807) is 17.0 Å². The highest BCUT2D eigenvalue weighted by atomic mass is 35.5. The van der Waals surface area contributed by atoms with E-state index in [1.165, 1.54) is 0 Å². The van der Waals surface area contributed by atoms with Gasteiger partial charge in [-0.3, -0.25) is 9.59 Å². The third-order valence-corrected chi connectivity index (χ3v) is 3.76. The number of hydrogen-bond donors (Lipinski definition) is 1. The summed E-state index contributed by atoms with van der Waals surface area (Å²) in [5, 5.41) is 0.316. The van der Waals surface area contributed by atoms with Crippen molar-refractivity contribution in [2.24, 2.45) is 11.7 Å². The first kappa shape index (κ1) is 14.8. The van der Waals surface area contributed by atoms with Crippen molar-refractivity contribution in [1.82, 2.24) is 9.88 Å². The minimum absolute atomic E-state index is 0.116. The molecular weight excluding hydrogens is 278 g/mol. The summed E-state index contributed by atoms with van der Waals surface area (Å²) in [6.45, 7) is 2.98. The number of rotatable bonds is 3. The van der Waals surface area contributed by atoms with Gasteiger partial charge in [-0.1, -0.05) is 18.5 Å². The van der Waals surface area contributed by atoms with Gasteiger partial charge < -0.3 is 10.6 Å². The summed E-state index contributed by atoms with van der Waals surface area (Å²) >= 11 is 5.93. The van der Waals surface area contributed by atoms with Gasteiger partial charge in [0, 0.05) is 24.3 Å². The standard InChI is InChI=1S/C14H18ClN3O2/c1-2-11-6-10(7-12(15)17-11)14(20)18-5-3-4-9(8-18)13(16)19/h6-7,9H,2-5,8H2,1H3,(H2,16,19). The molecule has 0 saturated carbocycles. The SMILES string of the molecule is CCc1cc(C(=O)N2CCCC(C(N)=O)C2)cc(Cl)n1. The third-order valence-electron chi connectivity index (χ3n) is 3.57. The second kappa shape index (κ2) is 6.22. The molecule has 0 aromatic carbocycles. The zero-order valence-corrected chi connectivity index (χ0v) is 12.2. The van der Waals surface area contributed by atoms with E-state index < -0.39 is 0 Å². The summed E-state index contributed by atoms with van der Waals surface area (Å²) in [7, 11) is 0. The maximum Gasteiger partial charge on any atom is 0.254 e. The Morgan fingerprint density at radius 3 is 2.90 bits per heavy atom. The van der Waals surface area contributed by atoms with Crippen molar-refractivity contribution in [3.8, 4) is 0 Å². The van der Waals surface area contributed by atoms with Crippen LogP contribution in [0.25, 0.3) is 0 Å². The molecule has 0 bridgehead atoms. The molecule has 2 amide bonds. The Hall–Kier alpha value is -1.62. The van der Waals surface area contributed by atoms with Crippen molar-refractivity contribution in [2.75, 3.05) is 13.1 Å². The first-order valence-corrected chi connectivity index (χ1v) is 7.14. The Kier molecular flexibility index (Phi) is 4.60. The minimum Gasteiger partial charge on any atom is -0.369 e. The monoisotopic (exact) mass is 295 g/mol. The largest absolute Gasteiger partial charge is 0.369 e.